The number of carbonyl (C=O) groups is 1. The molecule has 142 valence electrons. The molecule has 27 heavy (non-hydrogen) atoms. The van der Waals surface area contributed by atoms with Gasteiger partial charge in [0.15, 0.2) is 5.82 Å². The van der Waals surface area contributed by atoms with Gasteiger partial charge >= 0.3 is 0 Å². The molecule has 1 atom stereocenters. The molecule has 0 saturated heterocycles. The second-order valence-corrected chi connectivity index (χ2v) is 6.52. The maximum absolute atomic E-state index is 15.0. The van der Waals surface area contributed by atoms with Crippen LogP contribution in [0, 0.1) is 11.6 Å². The normalized spacial score (nSPS) is 14.9. The molecule has 1 heterocycles. The number of aliphatic hydroxyl groups is 1. The number of fused-ring (bicyclic) bond motifs is 1. The Balaban J connectivity index is 2.04. The van der Waals surface area contributed by atoms with Crippen LogP contribution < -0.4 is 16.5 Å². The number of hydrogen-bond donors (Lipinski definition) is 4. The SMILES string of the molecule is NC1C=Nc2c1cc(C(=O)NOCCO)c(Nc1ccc(Br)cc1F)c2F. The molecule has 10 heteroatoms. The van der Waals surface area contributed by atoms with Gasteiger partial charge in [0.1, 0.15) is 11.5 Å². The van der Waals surface area contributed by atoms with Crippen molar-refractivity contribution >= 4 is 45.1 Å². The molecule has 0 fully saturated rings. The molecule has 2 aromatic rings. The van der Waals surface area contributed by atoms with Crippen LogP contribution in [-0.4, -0.2) is 30.4 Å². The summed E-state index contributed by atoms with van der Waals surface area (Å²) in [6.45, 7) is -0.460. The van der Waals surface area contributed by atoms with Crippen LogP contribution in [0.5, 0.6) is 0 Å². The quantitative estimate of drug-likeness (QED) is 0.407. The van der Waals surface area contributed by atoms with Crippen LogP contribution in [0.2, 0.25) is 0 Å². The molecule has 1 aliphatic rings. The fraction of sp³-hybridized carbons (Fsp3) is 0.176. The van der Waals surface area contributed by atoms with Crippen molar-refractivity contribution in [1.82, 2.24) is 5.48 Å². The number of nitrogens with two attached hydrogens (primary N) is 1. The van der Waals surface area contributed by atoms with Gasteiger partial charge in [-0.2, -0.15) is 0 Å². The van der Waals surface area contributed by atoms with Gasteiger partial charge in [0, 0.05) is 16.3 Å². The molecule has 0 saturated carbocycles. The first-order valence-electron chi connectivity index (χ1n) is 7.83. The standard InChI is InChI=1S/C17H15BrF2N4O3/c18-8-1-2-13(11(19)5-8)23-16-10(17(26)24-27-4-3-25)6-9-12(21)7-22-15(9)14(16)20/h1-2,5-7,12,23,25H,3-4,21H2,(H,24,26). The highest BCUT2D eigenvalue weighted by atomic mass is 79.9. The molecule has 0 aromatic heterocycles. The van der Waals surface area contributed by atoms with Gasteiger partial charge < -0.3 is 16.2 Å². The summed E-state index contributed by atoms with van der Waals surface area (Å²) in [5.74, 6) is -2.28. The van der Waals surface area contributed by atoms with Gasteiger partial charge in [0.2, 0.25) is 0 Å². The number of nitrogens with zero attached hydrogens (tertiary/aromatic N) is 1. The number of hydrogen-bond acceptors (Lipinski definition) is 6. The zero-order valence-electron chi connectivity index (χ0n) is 13.8. The van der Waals surface area contributed by atoms with Crippen molar-refractivity contribution in [3.05, 3.63) is 51.5 Å². The fourth-order valence-corrected chi connectivity index (χ4v) is 2.86. The molecule has 0 aliphatic carbocycles. The van der Waals surface area contributed by atoms with Crippen molar-refractivity contribution in [2.24, 2.45) is 10.7 Å². The molecule has 1 unspecified atom stereocenters. The summed E-state index contributed by atoms with van der Waals surface area (Å²) in [5.41, 5.74) is 7.80. The molecule has 0 radical (unpaired) electrons. The topological polar surface area (TPSA) is 109 Å². The van der Waals surface area contributed by atoms with Crippen molar-refractivity contribution < 1.29 is 23.5 Å². The molecule has 2 aromatic carbocycles. The van der Waals surface area contributed by atoms with Crippen LogP contribution in [0.25, 0.3) is 0 Å². The van der Waals surface area contributed by atoms with Crippen LogP contribution in [0.1, 0.15) is 22.0 Å². The van der Waals surface area contributed by atoms with Gasteiger partial charge in [-0.25, -0.2) is 14.3 Å². The van der Waals surface area contributed by atoms with E-state index in [4.69, 9.17) is 15.7 Å². The number of aliphatic imine (C=N–C) groups is 1. The molecule has 7 nitrogen and oxygen atoms in total. The summed E-state index contributed by atoms with van der Waals surface area (Å²) in [7, 11) is 0. The number of anilines is 2. The molecule has 0 bridgehead atoms. The highest BCUT2D eigenvalue weighted by molar-refractivity contribution is 9.10. The van der Waals surface area contributed by atoms with E-state index >= 15 is 4.39 Å². The highest BCUT2D eigenvalue weighted by Crippen LogP contribution is 2.39. The van der Waals surface area contributed by atoms with E-state index in [1.54, 1.807) is 6.07 Å². The Hall–Kier alpha value is -2.40. The molecule has 0 spiro atoms. The van der Waals surface area contributed by atoms with Crippen molar-refractivity contribution in [3.63, 3.8) is 0 Å². The Morgan fingerprint density at radius 2 is 2.15 bits per heavy atom. The van der Waals surface area contributed by atoms with Gasteiger partial charge in [-0.3, -0.25) is 14.6 Å². The van der Waals surface area contributed by atoms with Gasteiger partial charge in [0.05, 0.1) is 36.2 Å². The Morgan fingerprint density at radius 3 is 2.85 bits per heavy atom. The number of rotatable bonds is 6. The minimum absolute atomic E-state index is 0.0182. The highest BCUT2D eigenvalue weighted by Gasteiger charge is 2.27. The van der Waals surface area contributed by atoms with E-state index in [0.717, 1.165) is 0 Å². The zero-order chi connectivity index (χ0) is 19.6. The van der Waals surface area contributed by atoms with Gasteiger partial charge in [-0.05, 0) is 24.3 Å². The fourth-order valence-electron chi connectivity index (χ4n) is 2.52. The van der Waals surface area contributed by atoms with Gasteiger partial charge in [0.25, 0.3) is 5.91 Å². The number of halogens is 3. The Kier molecular flexibility index (Phi) is 5.80. The minimum Gasteiger partial charge on any atom is -0.394 e. The minimum atomic E-state index is -0.841. The van der Waals surface area contributed by atoms with E-state index in [-0.39, 0.29) is 35.8 Å². The van der Waals surface area contributed by atoms with Gasteiger partial charge in [-0.15, -0.1) is 0 Å². The van der Waals surface area contributed by atoms with Crippen molar-refractivity contribution in [1.29, 1.82) is 0 Å². The number of hydroxylamine groups is 1. The summed E-state index contributed by atoms with van der Waals surface area (Å²) in [6.07, 6.45) is 1.35. The number of carbonyl (C=O) groups excluding carboxylic acids is 1. The molecular weight excluding hydrogens is 426 g/mol. The molecule has 3 rings (SSSR count). The lowest BCUT2D eigenvalue weighted by atomic mass is 10.0. The third-order valence-corrected chi connectivity index (χ3v) is 4.28. The predicted molar refractivity (Wildman–Crippen MR) is 99.4 cm³/mol. The average Bonchev–Trinajstić information content (AvgIpc) is 3.00. The van der Waals surface area contributed by atoms with E-state index in [1.165, 1.54) is 24.4 Å². The number of benzene rings is 2. The number of nitrogens with one attached hydrogen (secondary N) is 2. The average molecular weight is 441 g/mol. The van der Waals surface area contributed by atoms with E-state index in [1.807, 2.05) is 0 Å². The summed E-state index contributed by atoms with van der Waals surface area (Å²) in [5, 5.41) is 11.3. The van der Waals surface area contributed by atoms with E-state index in [9.17, 15) is 9.18 Å². The third-order valence-electron chi connectivity index (χ3n) is 3.79. The van der Waals surface area contributed by atoms with Crippen LogP contribution in [0.3, 0.4) is 0 Å². The second kappa shape index (κ2) is 8.09. The summed E-state index contributed by atoms with van der Waals surface area (Å²) < 4.78 is 29.7. The smallest absolute Gasteiger partial charge is 0.277 e. The lowest BCUT2D eigenvalue weighted by Gasteiger charge is -2.17. The predicted octanol–water partition coefficient (Wildman–Crippen LogP) is 2.84. The number of amides is 1. The zero-order valence-corrected chi connectivity index (χ0v) is 15.4. The largest absolute Gasteiger partial charge is 0.394 e. The van der Waals surface area contributed by atoms with Crippen LogP contribution in [-0.2, 0) is 4.84 Å². The first-order chi connectivity index (χ1) is 12.9. The second-order valence-electron chi connectivity index (χ2n) is 5.61. The summed E-state index contributed by atoms with van der Waals surface area (Å²) in [6, 6.07) is 4.86. The maximum atomic E-state index is 15.0. The maximum Gasteiger partial charge on any atom is 0.277 e. The lowest BCUT2D eigenvalue weighted by molar-refractivity contribution is 0.0168. The third kappa shape index (κ3) is 3.98. The first kappa shape index (κ1) is 19.4. The van der Waals surface area contributed by atoms with E-state index in [0.29, 0.717) is 10.0 Å². The monoisotopic (exact) mass is 440 g/mol. The van der Waals surface area contributed by atoms with Crippen molar-refractivity contribution in [3.8, 4) is 0 Å². The Morgan fingerprint density at radius 1 is 1.37 bits per heavy atom. The van der Waals surface area contributed by atoms with Crippen LogP contribution >= 0.6 is 15.9 Å². The van der Waals surface area contributed by atoms with Crippen LogP contribution in [0.4, 0.5) is 25.8 Å². The molecular formula is C17H15BrF2N4O3. The summed E-state index contributed by atoms with van der Waals surface area (Å²) in [4.78, 5) is 21.1. The number of aliphatic hydroxyl groups excluding tert-OH is 1. The molecule has 1 amide bonds. The van der Waals surface area contributed by atoms with E-state index < -0.39 is 23.6 Å². The van der Waals surface area contributed by atoms with Gasteiger partial charge in [-0.1, -0.05) is 15.9 Å². The Labute approximate surface area is 161 Å². The summed E-state index contributed by atoms with van der Waals surface area (Å²) >= 11 is 3.14. The van der Waals surface area contributed by atoms with Crippen molar-refractivity contribution in [2.75, 3.05) is 18.5 Å². The van der Waals surface area contributed by atoms with E-state index in [2.05, 4.69) is 31.7 Å². The molecule has 1 aliphatic heterocycles. The first-order valence-corrected chi connectivity index (χ1v) is 8.63. The van der Waals surface area contributed by atoms with Crippen molar-refractivity contribution in [2.45, 2.75) is 6.04 Å². The Bertz CT molecular complexity index is 924. The van der Waals surface area contributed by atoms with Crippen LogP contribution in [0.15, 0.2) is 33.7 Å². The molecule has 5 N–H and O–H groups in total. The lowest BCUT2D eigenvalue weighted by Crippen LogP contribution is -2.26.